The van der Waals surface area contributed by atoms with Crippen LogP contribution in [-0.4, -0.2) is 17.6 Å². The molecule has 1 aromatic rings. The fourth-order valence-corrected chi connectivity index (χ4v) is 2.26. The first-order valence-electron chi connectivity index (χ1n) is 6.41. The predicted octanol–water partition coefficient (Wildman–Crippen LogP) is 2.64. The normalized spacial score (nSPS) is 18.8. The Bertz CT molecular complexity index is 467. The van der Waals surface area contributed by atoms with Crippen LogP contribution in [0.1, 0.15) is 36.9 Å². The summed E-state index contributed by atoms with van der Waals surface area (Å²) < 4.78 is 0. The maximum atomic E-state index is 9.02. The molecule has 2 aliphatic rings. The van der Waals surface area contributed by atoms with Crippen LogP contribution in [0.15, 0.2) is 12.1 Å². The Labute approximate surface area is 102 Å². The number of anilines is 1. The molecule has 0 amide bonds. The molecule has 0 N–H and O–H groups in total. The lowest BCUT2D eigenvalue weighted by Crippen LogP contribution is -2.29. The first-order chi connectivity index (χ1) is 8.26. The minimum absolute atomic E-state index is 0.677. The average molecular weight is 227 g/mol. The summed E-state index contributed by atoms with van der Waals surface area (Å²) >= 11 is 0. The maximum absolute atomic E-state index is 9.02. The van der Waals surface area contributed by atoms with Crippen molar-refractivity contribution in [2.24, 2.45) is 5.92 Å². The largest absolute Gasteiger partial charge is 0.353 e. The number of aryl methyl sites for hydroxylation is 1. The summed E-state index contributed by atoms with van der Waals surface area (Å²) in [6, 6.07) is 6.69. The summed E-state index contributed by atoms with van der Waals surface area (Å²) in [5, 5.41) is 9.02. The molecule has 0 spiro atoms. The zero-order chi connectivity index (χ0) is 11.8. The van der Waals surface area contributed by atoms with E-state index in [1.807, 2.05) is 19.1 Å². The summed E-state index contributed by atoms with van der Waals surface area (Å²) in [6.45, 7) is 3.10. The van der Waals surface area contributed by atoms with Gasteiger partial charge in [-0.2, -0.15) is 5.26 Å². The number of hydrogen-bond acceptors (Lipinski definition) is 3. The van der Waals surface area contributed by atoms with Gasteiger partial charge in [-0.1, -0.05) is 0 Å². The van der Waals surface area contributed by atoms with E-state index in [2.05, 4.69) is 16.0 Å². The van der Waals surface area contributed by atoms with Crippen molar-refractivity contribution in [3.63, 3.8) is 0 Å². The number of pyridine rings is 1. The maximum Gasteiger partial charge on any atom is 0.130 e. The molecule has 3 heteroatoms. The lowest BCUT2D eigenvalue weighted by Gasteiger charge is -2.24. The van der Waals surface area contributed by atoms with Gasteiger partial charge in [0.15, 0.2) is 0 Å². The standard InChI is InChI=1S/C14H17N3/c1-10-6-12(8-15)7-14(16-10)17(13-4-5-13)9-11-2-3-11/h6-7,11,13H,2-5,9H2,1H3. The van der Waals surface area contributed by atoms with Gasteiger partial charge < -0.3 is 4.90 Å². The van der Waals surface area contributed by atoms with Gasteiger partial charge in [-0.25, -0.2) is 4.98 Å². The van der Waals surface area contributed by atoms with Gasteiger partial charge >= 0.3 is 0 Å². The topological polar surface area (TPSA) is 39.9 Å². The van der Waals surface area contributed by atoms with E-state index in [1.54, 1.807) is 0 Å². The van der Waals surface area contributed by atoms with Crippen LogP contribution in [0.4, 0.5) is 5.82 Å². The van der Waals surface area contributed by atoms with Crippen molar-refractivity contribution in [2.45, 2.75) is 38.6 Å². The van der Waals surface area contributed by atoms with Gasteiger partial charge in [0.25, 0.3) is 0 Å². The van der Waals surface area contributed by atoms with Gasteiger partial charge in [-0.3, -0.25) is 0 Å². The molecule has 0 bridgehead atoms. The van der Waals surface area contributed by atoms with Crippen molar-refractivity contribution in [1.29, 1.82) is 5.26 Å². The second-order valence-corrected chi connectivity index (χ2v) is 5.29. The second-order valence-electron chi connectivity index (χ2n) is 5.29. The quantitative estimate of drug-likeness (QED) is 0.794. The van der Waals surface area contributed by atoms with E-state index in [-0.39, 0.29) is 0 Å². The van der Waals surface area contributed by atoms with Crippen molar-refractivity contribution in [3.8, 4) is 6.07 Å². The van der Waals surface area contributed by atoms with Gasteiger partial charge in [-0.15, -0.1) is 0 Å². The SMILES string of the molecule is Cc1cc(C#N)cc(N(CC2CC2)C2CC2)n1. The van der Waals surface area contributed by atoms with Crippen molar-refractivity contribution in [2.75, 3.05) is 11.4 Å². The number of nitrogens with zero attached hydrogens (tertiary/aromatic N) is 3. The molecule has 0 saturated heterocycles. The van der Waals surface area contributed by atoms with Crippen LogP contribution >= 0.6 is 0 Å². The van der Waals surface area contributed by atoms with E-state index >= 15 is 0 Å². The third-order valence-corrected chi connectivity index (χ3v) is 3.50. The molecular weight excluding hydrogens is 210 g/mol. The predicted molar refractivity (Wildman–Crippen MR) is 66.8 cm³/mol. The Hall–Kier alpha value is -1.56. The molecule has 0 radical (unpaired) electrons. The highest BCUT2D eigenvalue weighted by Gasteiger charge is 2.34. The van der Waals surface area contributed by atoms with Crippen LogP contribution < -0.4 is 4.90 Å². The molecule has 17 heavy (non-hydrogen) atoms. The van der Waals surface area contributed by atoms with Crippen molar-refractivity contribution < 1.29 is 0 Å². The van der Waals surface area contributed by atoms with Crippen LogP contribution in [0.3, 0.4) is 0 Å². The Kier molecular flexibility index (Phi) is 2.51. The number of aromatic nitrogens is 1. The lowest BCUT2D eigenvalue weighted by atomic mass is 10.2. The summed E-state index contributed by atoms with van der Waals surface area (Å²) in [4.78, 5) is 7.02. The molecule has 88 valence electrons. The minimum atomic E-state index is 0.677. The highest BCUT2D eigenvalue weighted by Crippen LogP contribution is 2.37. The van der Waals surface area contributed by atoms with Crippen LogP contribution in [0.5, 0.6) is 0 Å². The molecule has 2 saturated carbocycles. The van der Waals surface area contributed by atoms with Crippen LogP contribution in [0.2, 0.25) is 0 Å². The molecule has 3 rings (SSSR count). The van der Waals surface area contributed by atoms with Gasteiger partial charge in [0, 0.05) is 18.3 Å². The third kappa shape index (κ3) is 2.41. The number of rotatable bonds is 4. The third-order valence-electron chi connectivity index (χ3n) is 3.50. The van der Waals surface area contributed by atoms with E-state index in [0.717, 1.165) is 29.5 Å². The lowest BCUT2D eigenvalue weighted by molar-refractivity contribution is 0.707. The van der Waals surface area contributed by atoms with E-state index in [9.17, 15) is 0 Å². The molecule has 2 aliphatic carbocycles. The van der Waals surface area contributed by atoms with Crippen LogP contribution in [0.25, 0.3) is 0 Å². The van der Waals surface area contributed by atoms with Gasteiger partial charge in [0.2, 0.25) is 0 Å². The molecule has 0 unspecified atom stereocenters. The summed E-state index contributed by atoms with van der Waals surface area (Å²) in [5.74, 6) is 1.87. The summed E-state index contributed by atoms with van der Waals surface area (Å²) in [5.41, 5.74) is 1.68. The highest BCUT2D eigenvalue weighted by molar-refractivity contribution is 5.48. The molecule has 3 nitrogen and oxygen atoms in total. The highest BCUT2D eigenvalue weighted by atomic mass is 15.2. The van der Waals surface area contributed by atoms with E-state index < -0.39 is 0 Å². The van der Waals surface area contributed by atoms with Crippen LogP contribution in [-0.2, 0) is 0 Å². The van der Waals surface area contributed by atoms with Gasteiger partial charge in [0.05, 0.1) is 11.6 Å². The Balaban J connectivity index is 1.88. The monoisotopic (exact) mass is 227 g/mol. The molecule has 1 heterocycles. The number of nitriles is 1. The van der Waals surface area contributed by atoms with Gasteiger partial charge in [-0.05, 0) is 50.7 Å². The molecular formula is C14H17N3. The van der Waals surface area contributed by atoms with Crippen molar-refractivity contribution in [1.82, 2.24) is 4.98 Å². The average Bonchev–Trinajstić information content (AvgIpc) is 3.16. The fraction of sp³-hybridized carbons (Fsp3) is 0.571. The van der Waals surface area contributed by atoms with E-state index in [1.165, 1.54) is 25.7 Å². The zero-order valence-corrected chi connectivity index (χ0v) is 10.2. The molecule has 0 atom stereocenters. The van der Waals surface area contributed by atoms with Crippen molar-refractivity contribution in [3.05, 3.63) is 23.4 Å². The fourth-order valence-electron chi connectivity index (χ4n) is 2.26. The van der Waals surface area contributed by atoms with Gasteiger partial charge in [0.1, 0.15) is 5.82 Å². The Morgan fingerprint density at radius 1 is 1.35 bits per heavy atom. The Morgan fingerprint density at radius 3 is 2.71 bits per heavy atom. The summed E-state index contributed by atoms with van der Waals surface area (Å²) in [7, 11) is 0. The summed E-state index contributed by atoms with van der Waals surface area (Å²) in [6.07, 6.45) is 5.29. The smallest absolute Gasteiger partial charge is 0.130 e. The molecule has 0 aliphatic heterocycles. The van der Waals surface area contributed by atoms with Crippen LogP contribution in [0, 0.1) is 24.2 Å². The first kappa shape index (κ1) is 10.6. The van der Waals surface area contributed by atoms with Crippen molar-refractivity contribution >= 4 is 5.82 Å². The second kappa shape index (κ2) is 4.03. The first-order valence-corrected chi connectivity index (χ1v) is 6.41. The number of hydrogen-bond donors (Lipinski definition) is 0. The minimum Gasteiger partial charge on any atom is -0.353 e. The van der Waals surface area contributed by atoms with E-state index in [0.29, 0.717) is 6.04 Å². The Morgan fingerprint density at radius 2 is 2.12 bits per heavy atom. The van der Waals surface area contributed by atoms with E-state index in [4.69, 9.17) is 5.26 Å². The molecule has 0 aromatic carbocycles. The molecule has 1 aromatic heterocycles. The molecule has 2 fully saturated rings. The zero-order valence-electron chi connectivity index (χ0n) is 10.2.